The molecule has 2 unspecified atom stereocenters. The Morgan fingerprint density at radius 2 is 2.20 bits per heavy atom. The van der Waals surface area contributed by atoms with Crippen molar-refractivity contribution in [1.29, 1.82) is 0 Å². The molecule has 1 aliphatic rings. The second-order valence-corrected chi connectivity index (χ2v) is 2.55. The van der Waals surface area contributed by atoms with E-state index in [-0.39, 0.29) is 23.8 Å². The number of nitrogens with two attached hydrogens (primary N) is 1. The molecule has 2 amide bonds. The Labute approximate surface area is 58.8 Å². The average Bonchev–Trinajstić information content (AvgIpc) is 2.43. The summed E-state index contributed by atoms with van der Waals surface area (Å²) in [5.41, 5.74) is 4.97. The minimum absolute atomic E-state index is 0.00926. The minimum atomic E-state index is -0.321. The van der Waals surface area contributed by atoms with Crippen LogP contribution in [0.3, 0.4) is 0 Å². The summed E-state index contributed by atoms with van der Waals surface area (Å²) >= 11 is 0. The molecular weight excluding hydrogens is 132 g/mol. The zero-order valence-corrected chi connectivity index (χ0v) is 5.76. The van der Waals surface area contributed by atoms with Gasteiger partial charge in [-0.15, -0.1) is 0 Å². The molecule has 3 N–H and O–H groups in total. The smallest absolute Gasteiger partial charge is 0.222 e. The number of hydrogen-bond acceptors (Lipinski definition) is 2. The molecule has 0 bridgehead atoms. The molecule has 4 heteroatoms. The van der Waals surface area contributed by atoms with E-state index in [1.165, 1.54) is 6.92 Å². The quantitative estimate of drug-likeness (QED) is 0.519. The monoisotopic (exact) mass is 142 g/mol. The fourth-order valence-corrected chi connectivity index (χ4v) is 0.930. The number of carbonyl (C=O) groups is 2. The molecule has 0 spiro atoms. The highest BCUT2D eigenvalue weighted by molar-refractivity contribution is 5.82. The maximum Gasteiger partial charge on any atom is 0.222 e. The number of rotatable bonds is 2. The van der Waals surface area contributed by atoms with Gasteiger partial charge in [0, 0.05) is 13.0 Å². The van der Waals surface area contributed by atoms with E-state index in [1.807, 2.05) is 0 Å². The molecule has 0 aromatic carbocycles. The molecule has 0 aromatic heterocycles. The van der Waals surface area contributed by atoms with Gasteiger partial charge in [0.25, 0.3) is 0 Å². The van der Waals surface area contributed by atoms with Gasteiger partial charge in [-0.3, -0.25) is 9.59 Å². The van der Waals surface area contributed by atoms with E-state index >= 15 is 0 Å². The summed E-state index contributed by atoms with van der Waals surface area (Å²) in [7, 11) is 0. The maximum atomic E-state index is 10.4. The molecule has 56 valence electrons. The lowest BCUT2D eigenvalue weighted by molar-refractivity contribution is -0.120. The van der Waals surface area contributed by atoms with E-state index in [9.17, 15) is 9.59 Å². The molecule has 1 saturated carbocycles. The van der Waals surface area contributed by atoms with Gasteiger partial charge in [-0.25, -0.2) is 0 Å². The van der Waals surface area contributed by atoms with Crippen LogP contribution >= 0.6 is 0 Å². The third-order valence-electron chi connectivity index (χ3n) is 1.54. The Hall–Kier alpha value is -1.06. The average molecular weight is 142 g/mol. The Balaban J connectivity index is 2.26. The minimum Gasteiger partial charge on any atom is -0.369 e. The van der Waals surface area contributed by atoms with E-state index in [0.717, 1.165) is 0 Å². The van der Waals surface area contributed by atoms with E-state index in [1.54, 1.807) is 0 Å². The molecule has 10 heavy (non-hydrogen) atoms. The lowest BCUT2D eigenvalue weighted by Crippen LogP contribution is -2.27. The number of amides is 2. The highest BCUT2D eigenvalue weighted by Gasteiger charge is 2.42. The van der Waals surface area contributed by atoms with Gasteiger partial charge < -0.3 is 11.1 Å². The Bertz CT molecular complexity index is 179. The largest absolute Gasteiger partial charge is 0.369 e. The first-order valence-electron chi connectivity index (χ1n) is 3.17. The van der Waals surface area contributed by atoms with Crippen LogP contribution in [0.1, 0.15) is 13.3 Å². The SMILES string of the molecule is CC(=O)NC1CC1C(N)=O. The molecule has 2 atom stereocenters. The highest BCUT2D eigenvalue weighted by Crippen LogP contribution is 2.29. The predicted molar refractivity (Wildman–Crippen MR) is 34.9 cm³/mol. The molecule has 0 saturated heterocycles. The molecule has 1 aliphatic carbocycles. The van der Waals surface area contributed by atoms with Crippen LogP contribution in [0.2, 0.25) is 0 Å². The maximum absolute atomic E-state index is 10.4. The van der Waals surface area contributed by atoms with Gasteiger partial charge in [-0.1, -0.05) is 0 Å². The van der Waals surface area contributed by atoms with Crippen molar-refractivity contribution < 1.29 is 9.59 Å². The van der Waals surface area contributed by atoms with Crippen LogP contribution in [0.25, 0.3) is 0 Å². The van der Waals surface area contributed by atoms with Crippen molar-refractivity contribution in [1.82, 2.24) is 5.32 Å². The summed E-state index contributed by atoms with van der Waals surface area (Å²) in [5.74, 6) is -0.545. The van der Waals surface area contributed by atoms with Crippen molar-refractivity contribution in [2.75, 3.05) is 0 Å². The number of hydrogen-bond donors (Lipinski definition) is 2. The van der Waals surface area contributed by atoms with Crippen molar-refractivity contribution in [2.45, 2.75) is 19.4 Å². The molecule has 4 nitrogen and oxygen atoms in total. The fourth-order valence-electron chi connectivity index (χ4n) is 0.930. The normalized spacial score (nSPS) is 29.3. The van der Waals surface area contributed by atoms with Crippen LogP contribution in [0.5, 0.6) is 0 Å². The van der Waals surface area contributed by atoms with Crippen molar-refractivity contribution in [3.8, 4) is 0 Å². The van der Waals surface area contributed by atoms with Crippen molar-refractivity contribution >= 4 is 11.8 Å². The van der Waals surface area contributed by atoms with Gasteiger partial charge in [0.2, 0.25) is 11.8 Å². The second-order valence-electron chi connectivity index (χ2n) is 2.55. The van der Waals surface area contributed by atoms with E-state index in [2.05, 4.69) is 5.32 Å². The fraction of sp³-hybridized carbons (Fsp3) is 0.667. The molecule has 1 rings (SSSR count). The zero-order valence-electron chi connectivity index (χ0n) is 5.76. The summed E-state index contributed by atoms with van der Waals surface area (Å²) in [5, 5.41) is 2.61. The first kappa shape index (κ1) is 7.05. The molecule has 0 aromatic rings. The van der Waals surface area contributed by atoms with Gasteiger partial charge in [-0.05, 0) is 6.42 Å². The standard InChI is InChI=1S/C6H10N2O2/c1-3(9)8-5-2-4(5)6(7)10/h4-5H,2H2,1H3,(H2,7,10)(H,8,9). The van der Waals surface area contributed by atoms with Crippen molar-refractivity contribution in [2.24, 2.45) is 11.7 Å². The van der Waals surface area contributed by atoms with Crippen LogP contribution in [0.4, 0.5) is 0 Å². The summed E-state index contributed by atoms with van der Waals surface area (Å²) in [6.45, 7) is 1.43. The Morgan fingerprint density at radius 1 is 1.60 bits per heavy atom. The molecule has 0 radical (unpaired) electrons. The third-order valence-corrected chi connectivity index (χ3v) is 1.54. The molecule has 0 aliphatic heterocycles. The van der Waals surface area contributed by atoms with E-state index < -0.39 is 0 Å². The molecule has 0 heterocycles. The summed E-state index contributed by atoms with van der Waals surface area (Å²) in [6.07, 6.45) is 0.703. The molecule has 1 fully saturated rings. The number of nitrogens with one attached hydrogen (secondary N) is 1. The predicted octanol–water partition coefficient (Wildman–Crippen LogP) is -1.00. The van der Waals surface area contributed by atoms with Gasteiger partial charge in [0.15, 0.2) is 0 Å². The summed E-state index contributed by atoms with van der Waals surface area (Å²) in [4.78, 5) is 20.8. The van der Waals surface area contributed by atoms with Crippen LogP contribution < -0.4 is 11.1 Å². The summed E-state index contributed by atoms with van der Waals surface area (Å²) in [6, 6.07) is 0.00926. The van der Waals surface area contributed by atoms with Crippen molar-refractivity contribution in [3.05, 3.63) is 0 Å². The van der Waals surface area contributed by atoms with Crippen LogP contribution in [0, 0.1) is 5.92 Å². The Kier molecular flexibility index (Phi) is 1.61. The van der Waals surface area contributed by atoms with Gasteiger partial charge in [0.05, 0.1) is 5.92 Å². The summed E-state index contributed by atoms with van der Waals surface area (Å²) < 4.78 is 0. The van der Waals surface area contributed by atoms with Crippen LogP contribution in [-0.4, -0.2) is 17.9 Å². The first-order valence-corrected chi connectivity index (χ1v) is 3.17. The lowest BCUT2D eigenvalue weighted by Gasteiger charge is -1.95. The second kappa shape index (κ2) is 2.28. The molecular formula is C6H10N2O2. The van der Waals surface area contributed by atoms with Gasteiger partial charge >= 0.3 is 0 Å². The third kappa shape index (κ3) is 1.46. The van der Waals surface area contributed by atoms with Gasteiger partial charge in [-0.2, -0.15) is 0 Å². The highest BCUT2D eigenvalue weighted by atomic mass is 16.2. The van der Waals surface area contributed by atoms with Crippen LogP contribution in [0.15, 0.2) is 0 Å². The van der Waals surface area contributed by atoms with E-state index in [0.29, 0.717) is 6.42 Å². The zero-order chi connectivity index (χ0) is 7.72. The number of carbonyl (C=O) groups excluding carboxylic acids is 2. The van der Waals surface area contributed by atoms with E-state index in [4.69, 9.17) is 5.73 Å². The van der Waals surface area contributed by atoms with Crippen LogP contribution in [-0.2, 0) is 9.59 Å². The van der Waals surface area contributed by atoms with Gasteiger partial charge in [0.1, 0.15) is 0 Å². The Morgan fingerprint density at radius 3 is 2.50 bits per heavy atom. The van der Waals surface area contributed by atoms with Crippen molar-refractivity contribution in [3.63, 3.8) is 0 Å². The number of primary amides is 1. The first-order chi connectivity index (χ1) is 4.61. The topological polar surface area (TPSA) is 72.2 Å². The lowest BCUT2D eigenvalue weighted by atomic mass is 10.4.